The molecule has 1 spiro atoms. The molecule has 38 heavy (non-hydrogen) atoms. The average Bonchev–Trinajstić information content (AvgIpc) is 3.51. The van der Waals surface area contributed by atoms with Crippen molar-refractivity contribution in [1.82, 2.24) is 0 Å². The SMILES string of the molecule is CC(=O)OC1CC2C3CC4OC45C(O)C=CC(=O)C5(C)C3CCC2(C)C1C(C)C1CC(C)=C(CO)C(=O)O1. The highest BCUT2D eigenvalue weighted by atomic mass is 16.6. The average molecular weight is 529 g/mol. The number of esters is 2. The lowest BCUT2D eigenvalue weighted by Gasteiger charge is -2.58. The first-order chi connectivity index (χ1) is 17.9. The number of hydrogen-bond donors (Lipinski definition) is 2. The summed E-state index contributed by atoms with van der Waals surface area (Å²) in [7, 11) is 0. The van der Waals surface area contributed by atoms with Gasteiger partial charge in [-0.3, -0.25) is 9.59 Å². The first kappa shape index (κ1) is 26.2. The summed E-state index contributed by atoms with van der Waals surface area (Å²) in [5, 5.41) is 20.5. The van der Waals surface area contributed by atoms with Crippen LogP contribution in [-0.2, 0) is 28.6 Å². The second kappa shape index (κ2) is 8.48. The van der Waals surface area contributed by atoms with E-state index in [0.717, 1.165) is 24.8 Å². The van der Waals surface area contributed by atoms with Crippen LogP contribution >= 0.6 is 0 Å². The minimum Gasteiger partial charge on any atom is -0.462 e. The number of carbonyl (C=O) groups excluding carboxylic acids is 3. The molecule has 2 aliphatic heterocycles. The molecule has 1 saturated heterocycles. The van der Waals surface area contributed by atoms with E-state index in [9.17, 15) is 24.6 Å². The van der Waals surface area contributed by atoms with E-state index in [1.165, 1.54) is 6.92 Å². The van der Waals surface area contributed by atoms with Gasteiger partial charge in [0.15, 0.2) is 5.78 Å². The van der Waals surface area contributed by atoms with Gasteiger partial charge in [-0.2, -0.15) is 0 Å². The molecule has 208 valence electrons. The highest BCUT2D eigenvalue weighted by Crippen LogP contribution is 2.73. The van der Waals surface area contributed by atoms with Crippen LogP contribution in [0.4, 0.5) is 0 Å². The van der Waals surface area contributed by atoms with Gasteiger partial charge >= 0.3 is 11.9 Å². The third-order valence-electron chi connectivity index (χ3n) is 11.9. The molecular weight excluding hydrogens is 488 g/mol. The summed E-state index contributed by atoms with van der Waals surface area (Å²) in [5.74, 6) is -0.355. The van der Waals surface area contributed by atoms with E-state index in [2.05, 4.69) is 13.8 Å². The van der Waals surface area contributed by atoms with Gasteiger partial charge in [0.05, 0.1) is 23.7 Å². The standard InChI is InChI=1S/C30H40O8/c1-14-10-21(37-27(35)18(14)13-31)15(2)26-22(36-16(3)32)12-20-17-11-25-30(38-25)24(34)7-6-23(33)29(30,5)19(17)8-9-28(20,26)4/h6-7,15,17,19-22,24-26,31,34H,8-13H2,1-5H3. The fourth-order valence-corrected chi connectivity index (χ4v) is 10.1. The van der Waals surface area contributed by atoms with Crippen LogP contribution in [0.1, 0.15) is 66.7 Å². The van der Waals surface area contributed by atoms with Crippen molar-refractivity contribution in [3.05, 3.63) is 23.3 Å². The number of allylic oxidation sites excluding steroid dienone is 1. The van der Waals surface area contributed by atoms with Crippen LogP contribution in [0.5, 0.6) is 0 Å². The molecule has 4 fully saturated rings. The molecule has 0 aromatic rings. The number of ketones is 1. The molecule has 0 bridgehead atoms. The van der Waals surface area contributed by atoms with Crippen molar-refractivity contribution in [2.75, 3.05) is 6.61 Å². The first-order valence-corrected chi connectivity index (χ1v) is 14.2. The number of fused-ring (bicyclic) bond motifs is 4. The van der Waals surface area contributed by atoms with Crippen LogP contribution in [0.3, 0.4) is 0 Å². The number of epoxide rings is 1. The van der Waals surface area contributed by atoms with Gasteiger partial charge in [-0.1, -0.05) is 19.4 Å². The van der Waals surface area contributed by atoms with E-state index in [0.29, 0.717) is 18.4 Å². The first-order valence-electron chi connectivity index (χ1n) is 14.2. The molecular formula is C30H40O8. The van der Waals surface area contributed by atoms with Crippen molar-refractivity contribution in [1.29, 1.82) is 0 Å². The number of hydrogen-bond acceptors (Lipinski definition) is 8. The molecule has 6 aliphatic rings. The fraction of sp³-hybridized carbons (Fsp3) is 0.767. The predicted octanol–water partition coefficient (Wildman–Crippen LogP) is 2.89. The van der Waals surface area contributed by atoms with Crippen LogP contribution in [0.25, 0.3) is 0 Å². The summed E-state index contributed by atoms with van der Waals surface area (Å²) in [4.78, 5) is 38.3. The van der Waals surface area contributed by atoms with E-state index < -0.39 is 23.1 Å². The Morgan fingerprint density at radius 2 is 1.97 bits per heavy atom. The number of rotatable bonds is 4. The van der Waals surface area contributed by atoms with Crippen LogP contribution < -0.4 is 0 Å². The summed E-state index contributed by atoms with van der Waals surface area (Å²) in [6.07, 6.45) is 5.23. The highest BCUT2D eigenvalue weighted by Gasteiger charge is 2.80. The molecule has 8 heteroatoms. The van der Waals surface area contributed by atoms with Crippen molar-refractivity contribution >= 4 is 17.7 Å². The quantitative estimate of drug-likeness (QED) is 0.422. The van der Waals surface area contributed by atoms with Gasteiger partial charge in [0.1, 0.15) is 23.9 Å². The molecule has 0 aromatic heterocycles. The van der Waals surface area contributed by atoms with Gasteiger partial charge in [-0.15, -0.1) is 0 Å². The number of cyclic esters (lactones) is 1. The normalized spacial score (nSPS) is 49.9. The fourth-order valence-electron chi connectivity index (χ4n) is 10.1. The number of ether oxygens (including phenoxy) is 3. The van der Waals surface area contributed by atoms with Crippen molar-refractivity contribution < 1.29 is 38.8 Å². The zero-order valence-corrected chi connectivity index (χ0v) is 22.9. The summed E-state index contributed by atoms with van der Waals surface area (Å²) in [5.41, 5.74) is -0.605. The smallest absolute Gasteiger partial charge is 0.336 e. The predicted molar refractivity (Wildman–Crippen MR) is 135 cm³/mol. The third kappa shape index (κ3) is 3.23. The van der Waals surface area contributed by atoms with E-state index in [4.69, 9.17) is 14.2 Å². The Labute approximate surface area is 223 Å². The number of aliphatic hydroxyl groups excluding tert-OH is 2. The van der Waals surface area contributed by atoms with Gasteiger partial charge in [0, 0.05) is 25.2 Å². The third-order valence-corrected chi connectivity index (χ3v) is 11.9. The molecule has 0 radical (unpaired) electrons. The van der Waals surface area contributed by atoms with Crippen molar-refractivity contribution in [3.63, 3.8) is 0 Å². The Balaban J connectivity index is 1.34. The molecule has 8 nitrogen and oxygen atoms in total. The summed E-state index contributed by atoms with van der Waals surface area (Å²) in [6.45, 7) is 9.36. The largest absolute Gasteiger partial charge is 0.462 e. The number of aliphatic hydroxyl groups is 2. The molecule has 12 atom stereocenters. The van der Waals surface area contributed by atoms with Crippen LogP contribution in [-0.4, -0.2) is 64.6 Å². The molecule has 4 aliphatic carbocycles. The van der Waals surface area contributed by atoms with Crippen molar-refractivity contribution in [2.24, 2.45) is 40.4 Å². The van der Waals surface area contributed by atoms with Gasteiger partial charge in [0.25, 0.3) is 0 Å². The van der Waals surface area contributed by atoms with E-state index >= 15 is 0 Å². The Bertz CT molecular complexity index is 1140. The monoisotopic (exact) mass is 528 g/mol. The van der Waals surface area contributed by atoms with Gasteiger partial charge < -0.3 is 24.4 Å². The van der Waals surface area contributed by atoms with Gasteiger partial charge in [0.2, 0.25) is 0 Å². The van der Waals surface area contributed by atoms with E-state index in [-0.39, 0.29) is 71.7 Å². The van der Waals surface area contributed by atoms with Gasteiger partial charge in [-0.05, 0) is 74.9 Å². The molecule has 0 aromatic carbocycles. The lowest BCUT2D eigenvalue weighted by Crippen LogP contribution is -2.63. The molecule has 3 saturated carbocycles. The van der Waals surface area contributed by atoms with E-state index in [1.807, 2.05) is 13.8 Å². The van der Waals surface area contributed by atoms with Crippen LogP contribution in [0, 0.1) is 40.4 Å². The summed E-state index contributed by atoms with van der Waals surface area (Å²) >= 11 is 0. The maximum absolute atomic E-state index is 13.4. The number of carbonyl (C=O) groups is 3. The minimum atomic E-state index is -0.821. The summed E-state index contributed by atoms with van der Waals surface area (Å²) < 4.78 is 18.1. The highest BCUT2D eigenvalue weighted by molar-refractivity contribution is 5.98. The van der Waals surface area contributed by atoms with Crippen LogP contribution in [0.2, 0.25) is 0 Å². The Morgan fingerprint density at radius 1 is 1.24 bits per heavy atom. The minimum absolute atomic E-state index is 0.0224. The zero-order chi connectivity index (χ0) is 27.4. The lowest BCUT2D eigenvalue weighted by atomic mass is 9.44. The zero-order valence-electron chi connectivity index (χ0n) is 22.9. The molecule has 2 heterocycles. The second-order valence-corrected chi connectivity index (χ2v) is 13.3. The van der Waals surface area contributed by atoms with E-state index in [1.54, 1.807) is 12.2 Å². The molecule has 12 unspecified atom stereocenters. The Morgan fingerprint density at radius 3 is 2.63 bits per heavy atom. The Kier molecular flexibility index (Phi) is 5.85. The Hall–Kier alpha value is -2.03. The second-order valence-electron chi connectivity index (χ2n) is 13.3. The molecule has 6 rings (SSSR count). The lowest BCUT2D eigenvalue weighted by molar-refractivity contribution is -0.162. The topological polar surface area (TPSA) is 123 Å². The van der Waals surface area contributed by atoms with Gasteiger partial charge in [-0.25, -0.2) is 4.79 Å². The van der Waals surface area contributed by atoms with Crippen LogP contribution in [0.15, 0.2) is 23.3 Å². The maximum atomic E-state index is 13.4. The molecule has 2 N–H and O–H groups in total. The summed E-state index contributed by atoms with van der Waals surface area (Å²) in [6, 6.07) is 0. The van der Waals surface area contributed by atoms with Crippen molar-refractivity contribution in [2.45, 2.75) is 96.7 Å². The maximum Gasteiger partial charge on any atom is 0.336 e. The molecule has 0 amide bonds. The van der Waals surface area contributed by atoms with Crippen molar-refractivity contribution in [3.8, 4) is 0 Å².